The summed E-state index contributed by atoms with van der Waals surface area (Å²) in [6.07, 6.45) is 0.654. The standard InChI is InChI=1S/C14H15FN4OS2/c1-17(9-19-14(21)22-8-16-19)12-6-7-18(13(12)20)11-5-3-2-4-10(11)15/h2-5,8,12H,6-7,9H2,1H3/t12-/m0/s1. The van der Waals surface area contributed by atoms with Crippen molar-refractivity contribution in [2.45, 2.75) is 19.1 Å². The fourth-order valence-corrected chi connectivity index (χ4v) is 3.33. The van der Waals surface area contributed by atoms with E-state index in [0.717, 1.165) is 0 Å². The second-order valence-electron chi connectivity index (χ2n) is 5.15. The molecule has 1 aromatic carbocycles. The summed E-state index contributed by atoms with van der Waals surface area (Å²) in [6.45, 7) is 0.959. The van der Waals surface area contributed by atoms with E-state index in [-0.39, 0.29) is 17.8 Å². The molecule has 1 saturated heterocycles. The molecule has 22 heavy (non-hydrogen) atoms. The lowest BCUT2D eigenvalue weighted by atomic mass is 10.2. The van der Waals surface area contributed by atoms with Gasteiger partial charge < -0.3 is 4.90 Å². The number of benzene rings is 1. The Hall–Kier alpha value is -1.64. The first-order valence-corrected chi connectivity index (χ1v) is 8.13. The molecule has 1 amide bonds. The minimum absolute atomic E-state index is 0.0886. The van der Waals surface area contributed by atoms with Crippen LogP contribution >= 0.6 is 23.6 Å². The number of hydrogen-bond acceptors (Lipinski definition) is 5. The van der Waals surface area contributed by atoms with Crippen LogP contribution in [0.15, 0.2) is 29.8 Å². The quantitative estimate of drug-likeness (QED) is 0.803. The Morgan fingerprint density at radius 3 is 2.95 bits per heavy atom. The Kier molecular flexibility index (Phi) is 4.32. The van der Waals surface area contributed by atoms with Gasteiger partial charge in [-0.05, 0) is 37.8 Å². The number of nitrogens with zero attached hydrogens (tertiary/aromatic N) is 4. The van der Waals surface area contributed by atoms with Crippen LogP contribution in [0.25, 0.3) is 0 Å². The number of carbonyl (C=O) groups excluding carboxylic acids is 1. The molecule has 3 rings (SSSR count). The van der Waals surface area contributed by atoms with Crippen LogP contribution < -0.4 is 4.90 Å². The second-order valence-corrected chi connectivity index (χ2v) is 6.63. The number of anilines is 1. The Morgan fingerprint density at radius 1 is 1.50 bits per heavy atom. The van der Waals surface area contributed by atoms with E-state index < -0.39 is 0 Å². The number of aromatic nitrogens is 2. The van der Waals surface area contributed by atoms with Gasteiger partial charge in [-0.2, -0.15) is 5.10 Å². The smallest absolute Gasteiger partial charge is 0.244 e. The zero-order chi connectivity index (χ0) is 15.7. The summed E-state index contributed by atoms with van der Waals surface area (Å²) in [6, 6.07) is 6.06. The van der Waals surface area contributed by atoms with Crippen molar-refractivity contribution in [3.63, 3.8) is 0 Å². The molecule has 116 valence electrons. The molecular weight excluding hydrogens is 323 g/mol. The van der Waals surface area contributed by atoms with Gasteiger partial charge >= 0.3 is 0 Å². The third kappa shape index (κ3) is 2.81. The summed E-state index contributed by atoms with van der Waals surface area (Å²) in [4.78, 5) is 16.0. The van der Waals surface area contributed by atoms with Crippen molar-refractivity contribution in [1.29, 1.82) is 0 Å². The molecule has 0 unspecified atom stereocenters. The van der Waals surface area contributed by atoms with Crippen LogP contribution in [0, 0.1) is 9.77 Å². The van der Waals surface area contributed by atoms with Gasteiger partial charge in [-0.15, -0.1) is 0 Å². The van der Waals surface area contributed by atoms with E-state index in [2.05, 4.69) is 5.10 Å². The average Bonchev–Trinajstić information content (AvgIpc) is 3.06. The van der Waals surface area contributed by atoms with Crippen molar-refractivity contribution in [1.82, 2.24) is 14.7 Å². The number of carbonyl (C=O) groups is 1. The maximum atomic E-state index is 13.9. The molecule has 0 spiro atoms. The molecule has 1 aromatic heterocycles. The molecule has 1 atom stereocenters. The van der Waals surface area contributed by atoms with Crippen molar-refractivity contribution in [3.05, 3.63) is 39.5 Å². The van der Waals surface area contributed by atoms with Crippen molar-refractivity contribution >= 4 is 35.1 Å². The molecule has 8 heteroatoms. The van der Waals surface area contributed by atoms with E-state index >= 15 is 0 Å². The maximum absolute atomic E-state index is 13.9. The number of likely N-dealkylation sites (N-methyl/N-ethyl adjacent to an activating group) is 1. The SMILES string of the molecule is CN(Cn1ncsc1=S)[C@H]1CCN(c2ccccc2F)C1=O. The first-order valence-electron chi connectivity index (χ1n) is 6.84. The number of amides is 1. The Morgan fingerprint density at radius 2 is 2.27 bits per heavy atom. The van der Waals surface area contributed by atoms with E-state index in [0.29, 0.717) is 29.3 Å². The van der Waals surface area contributed by atoms with Gasteiger partial charge in [-0.3, -0.25) is 9.69 Å². The molecule has 1 aliphatic rings. The van der Waals surface area contributed by atoms with Gasteiger partial charge in [0, 0.05) is 6.54 Å². The fourth-order valence-electron chi connectivity index (χ4n) is 2.62. The fraction of sp³-hybridized carbons (Fsp3) is 0.357. The predicted molar refractivity (Wildman–Crippen MR) is 85.9 cm³/mol. The van der Waals surface area contributed by atoms with Crippen molar-refractivity contribution in [2.75, 3.05) is 18.5 Å². The predicted octanol–water partition coefficient (Wildman–Crippen LogP) is 2.51. The van der Waals surface area contributed by atoms with Gasteiger partial charge in [0.2, 0.25) is 5.91 Å². The van der Waals surface area contributed by atoms with Crippen LogP contribution in [0.1, 0.15) is 6.42 Å². The van der Waals surface area contributed by atoms with E-state index in [9.17, 15) is 9.18 Å². The van der Waals surface area contributed by atoms with Crippen molar-refractivity contribution in [3.8, 4) is 0 Å². The summed E-state index contributed by atoms with van der Waals surface area (Å²) in [5.41, 5.74) is 2.02. The monoisotopic (exact) mass is 338 g/mol. The molecule has 0 N–H and O–H groups in total. The summed E-state index contributed by atoms with van der Waals surface area (Å²) >= 11 is 6.56. The number of hydrogen-bond donors (Lipinski definition) is 0. The second kappa shape index (κ2) is 6.23. The summed E-state index contributed by atoms with van der Waals surface area (Å²) < 4.78 is 16.2. The normalized spacial score (nSPS) is 18.4. The Bertz CT molecular complexity index is 744. The van der Waals surface area contributed by atoms with Gasteiger partial charge in [0.1, 0.15) is 11.3 Å². The molecule has 1 aliphatic heterocycles. The number of rotatable bonds is 4. The molecule has 2 heterocycles. The Balaban J connectivity index is 1.75. The van der Waals surface area contributed by atoms with Crippen molar-refractivity contribution in [2.24, 2.45) is 0 Å². The van der Waals surface area contributed by atoms with Crippen LogP contribution in [0.5, 0.6) is 0 Å². The van der Waals surface area contributed by atoms with Gasteiger partial charge in [0.15, 0.2) is 3.95 Å². The number of para-hydroxylation sites is 1. The molecule has 0 saturated carbocycles. The molecule has 0 bridgehead atoms. The van der Waals surface area contributed by atoms with E-state index in [4.69, 9.17) is 12.2 Å². The molecule has 1 fully saturated rings. The van der Waals surface area contributed by atoms with E-state index in [1.54, 1.807) is 28.4 Å². The summed E-state index contributed by atoms with van der Waals surface area (Å²) in [5, 5.41) is 4.15. The topological polar surface area (TPSA) is 41.4 Å². The lowest BCUT2D eigenvalue weighted by Crippen LogP contribution is -2.40. The highest BCUT2D eigenvalue weighted by molar-refractivity contribution is 7.73. The minimum Gasteiger partial charge on any atom is -0.308 e. The van der Waals surface area contributed by atoms with Crippen LogP contribution in [-0.4, -0.2) is 40.2 Å². The van der Waals surface area contributed by atoms with Gasteiger partial charge in [0.25, 0.3) is 0 Å². The van der Waals surface area contributed by atoms with E-state index in [1.165, 1.54) is 22.3 Å². The minimum atomic E-state index is -0.374. The molecule has 2 aromatic rings. The highest BCUT2D eigenvalue weighted by Crippen LogP contribution is 2.26. The first kappa shape index (κ1) is 15.3. The third-order valence-corrected chi connectivity index (χ3v) is 4.87. The zero-order valence-electron chi connectivity index (χ0n) is 12.0. The molecule has 0 radical (unpaired) electrons. The summed E-state index contributed by atoms with van der Waals surface area (Å²) in [7, 11) is 1.86. The summed E-state index contributed by atoms with van der Waals surface area (Å²) in [5.74, 6) is -0.463. The maximum Gasteiger partial charge on any atom is 0.244 e. The van der Waals surface area contributed by atoms with Crippen LogP contribution in [0.2, 0.25) is 0 Å². The van der Waals surface area contributed by atoms with Crippen LogP contribution in [-0.2, 0) is 11.5 Å². The van der Waals surface area contributed by atoms with Crippen molar-refractivity contribution < 1.29 is 9.18 Å². The lowest BCUT2D eigenvalue weighted by molar-refractivity contribution is -0.121. The van der Waals surface area contributed by atoms with Crippen LogP contribution in [0.4, 0.5) is 10.1 Å². The number of halogens is 1. The van der Waals surface area contributed by atoms with E-state index in [1.807, 2.05) is 11.9 Å². The highest BCUT2D eigenvalue weighted by Gasteiger charge is 2.36. The highest BCUT2D eigenvalue weighted by atomic mass is 32.1. The van der Waals surface area contributed by atoms with Gasteiger partial charge in [0.05, 0.1) is 18.4 Å². The Labute approximate surface area is 136 Å². The molecule has 0 aliphatic carbocycles. The largest absolute Gasteiger partial charge is 0.308 e. The zero-order valence-corrected chi connectivity index (χ0v) is 13.6. The lowest BCUT2D eigenvalue weighted by Gasteiger charge is -2.23. The third-order valence-electron chi connectivity index (χ3n) is 3.76. The first-order chi connectivity index (χ1) is 10.6. The van der Waals surface area contributed by atoms with Crippen LogP contribution in [0.3, 0.4) is 0 Å². The molecule has 5 nitrogen and oxygen atoms in total. The van der Waals surface area contributed by atoms with Gasteiger partial charge in [-0.1, -0.05) is 23.5 Å². The van der Waals surface area contributed by atoms with Gasteiger partial charge in [-0.25, -0.2) is 9.07 Å². The average molecular weight is 338 g/mol. The molecular formula is C14H15FN4OS2.